The van der Waals surface area contributed by atoms with Crippen LogP contribution >= 0.6 is 0 Å². The Hall–Kier alpha value is -2.22. The first kappa shape index (κ1) is 19.5. The zero-order chi connectivity index (χ0) is 19.4. The SMILES string of the molecule is CON(C)S(=O)(=O)c1cccc(C(=O)N2CCCC2Cc2ccccc2)c1. The zero-order valence-electron chi connectivity index (χ0n) is 15.5. The summed E-state index contributed by atoms with van der Waals surface area (Å²) in [6.45, 7) is 0.686. The van der Waals surface area contributed by atoms with E-state index in [0.717, 1.165) is 23.7 Å². The third kappa shape index (κ3) is 4.21. The van der Waals surface area contributed by atoms with Crippen LogP contribution in [-0.4, -0.2) is 50.4 Å². The number of nitrogens with zero attached hydrogens (tertiary/aromatic N) is 2. The molecule has 1 heterocycles. The molecule has 1 aliphatic heterocycles. The van der Waals surface area contributed by atoms with Gasteiger partial charge in [0.2, 0.25) is 0 Å². The fraction of sp³-hybridized carbons (Fsp3) is 0.350. The fourth-order valence-electron chi connectivity index (χ4n) is 3.40. The van der Waals surface area contributed by atoms with E-state index in [9.17, 15) is 13.2 Å². The van der Waals surface area contributed by atoms with E-state index in [0.29, 0.717) is 12.1 Å². The van der Waals surface area contributed by atoms with Crippen molar-refractivity contribution >= 4 is 15.9 Å². The molecular weight excluding hydrogens is 364 g/mol. The molecule has 1 fully saturated rings. The van der Waals surface area contributed by atoms with E-state index in [1.807, 2.05) is 23.1 Å². The molecule has 1 atom stereocenters. The van der Waals surface area contributed by atoms with Crippen molar-refractivity contribution in [3.63, 3.8) is 0 Å². The highest BCUT2D eigenvalue weighted by Gasteiger charge is 2.30. The molecule has 0 radical (unpaired) electrons. The van der Waals surface area contributed by atoms with Crippen molar-refractivity contribution in [2.24, 2.45) is 0 Å². The van der Waals surface area contributed by atoms with Crippen LogP contribution < -0.4 is 0 Å². The van der Waals surface area contributed by atoms with Gasteiger partial charge in [-0.15, -0.1) is 0 Å². The maximum absolute atomic E-state index is 13.1. The Morgan fingerprint density at radius 2 is 1.93 bits per heavy atom. The molecule has 1 unspecified atom stereocenters. The molecule has 7 heteroatoms. The lowest BCUT2D eigenvalue weighted by Gasteiger charge is -2.25. The third-order valence-corrected chi connectivity index (χ3v) is 6.60. The number of carbonyl (C=O) groups excluding carboxylic acids is 1. The first-order valence-corrected chi connectivity index (χ1v) is 10.4. The van der Waals surface area contributed by atoms with Gasteiger partial charge in [-0.2, -0.15) is 0 Å². The lowest BCUT2D eigenvalue weighted by molar-refractivity contribution is -0.0258. The number of likely N-dealkylation sites (tertiary alicyclic amines) is 1. The summed E-state index contributed by atoms with van der Waals surface area (Å²) in [5, 5.41) is 0. The van der Waals surface area contributed by atoms with E-state index in [4.69, 9.17) is 4.84 Å². The maximum atomic E-state index is 13.1. The van der Waals surface area contributed by atoms with Crippen LogP contribution in [0.4, 0.5) is 0 Å². The summed E-state index contributed by atoms with van der Waals surface area (Å²) in [4.78, 5) is 19.8. The molecule has 0 N–H and O–H groups in total. The highest BCUT2D eigenvalue weighted by Crippen LogP contribution is 2.24. The summed E-state index contributed by atoms with van der Waals surface area (Å²) in [5.41, 5.74) is 1.57. The minimum atomic E-state index is -3.79. The van der Waals surface area contributed by atoms with Gasteiger partial charge in [-0.25, -0.2) is 8.42 Å². The molecule has 1 amide bonds. The Labute approximate surface area is 160 Å². The number of rotatable bonds is 6. The van der Waals surface area contributed by atoms with Gasteiger partial charge in [-0.1, -0.05) is 40.9 Å². The molecule has 144 valence electrons. The highest BCUT2D eigenvalue weighted by atomic mass is 32.2. The van der Waals surface area contributed by atoms with Gasteiger partial charge < -0.3 is 4.90 Å². The second-order valence-electron chi connectivity index (χ2n) is 6.61. The topological polar surface area (TPSA) is 66.9 Å². The first-order valence-electron chi connectivity index (χ1n) is 8.91. The van der Waals surface area contributed by atoms with Crippen molar-refractivity contribution in [3.8, 4) is 0 Å². The Kier molecular flexibility index (Phi) is 5.94. The van der Waals surface area contributed by atoms with Crippen molar-refractivity contribution in [2.45, 2.75) is 30.2 Å². The number of hydrogen-bond acceptors (Lipinski definition) is 4. The maximum Gasteiger partial charge on any atom is 0.264 e. The fourth-order valence-corrected chi connectivity index (χ4v) is 4.42. The normalized spacial score (nSPS) is 17.4. The molecular formula is C20H24N2O4S. The van der Waals surface area contributed by atoms with Crippen molar-refractivity contribution in [2.75, 3.05) is 20.7 Å². The quantitative estimate of drug-likeness (QED) is 0.714. The summed E-state index contributed by atoms with van der Waals surface area (Å²) in [6, 6.07) is 16.4. The number of hydroxylamine groups is 1. The molecule has 27 heavy (non-hydrogen) atoms. The van der Waals surface area contributed by atoms with Crippen LogP contribution in [0, 0.1) is 0 Å². The van der Waals surface area contributed by atoms with Crippen LogP contribution in [0.3, 0.4) is 0 Å². The Morgan fingerprint density at radius 1 is 1.19 bits per heavy atom. The van der Waals surface area contributed by atoms with Crippen molar-refractivity contribution in [3.05, 3.63) is 65.7 Å². The van der Waals surface area contributed by atoms with E-state index in [1.165, 1.54) is 31.9 Å². The zero-order valence-corrected chi connectivity index (χ0v) is 16.4. The van der Waals surface area contributed by atoms with Crippen LogP contribution in [-0.2, 0) is 21.3 Å². The molecule has 0 bridgehead atoms. The van der Waals surface area contributed by atoms with Crippen LogP contribution in [0.1, 0.15) is 28.8 Å². The van der Waals surface area contributed by atoms with Gasteiger partial charge in [-0.05, 0) is 43.0 Å². The standard InChI is InChI=1S/C20H24N2O4S/c1-21(26-2)27(24,25)19-12-6-10-17(15-19)20(23)22-13-7-11-18(22)14-16-8-4-3-5-9-16/h3-6,8-10,12,15,18H,7,11,13-14H2,1-2H3. The van der Waals surface area contributed by atoms with Crippen LogP contribution in [0.5, 0.6) is 0 Å². The van der Waals surface area contributed by atoms with Gasteiger partial charge in [0.15, 0.2) is 0 Å². The third-order valence-electron chi connectivity index (χ3n) is 4.93. The molecule has 3 rings (SSSR count). The molecule has 0 saturated carbocycles. The van der Waals surface area contributed by atoms with Gasteiger partial charge in [0.1, 0.15) is 0 Å². The molecule has 2 aromatic carbocycles. The Morgan fingerprint density at radius 3 is 2.63 bits per heavy atom. The van der Waals surface area contributed by atoms with Crippen molar-refractivity contribution < 1.29 is 18.0 Å². The Bertz CT molecular complexity index is 899. The van der Waals surface area contributed by atoms with Crippen LogP contribution in [0.2, 0.25) is 0 Å². The molecule has 1 aliphatic rings. The second kappa shape index (κ2) is 8.21. The van der Waals surface area contributed by atoms with Crippen LogP contribution in [0.15, 0.2) is 59.5 Å². The number of sulfonamides is 1. The lowest BCUT2D eigenvalue weighted by Crippen LogP contribution is -2.37. The predicted octanol–water partition coefficient (Wildman–Crippen LogP) is 2.72. The predicted molar refractivity (Wildman–Crippen MR) is 103 cm³/mol. The van der Waals surface area contributed by atoms with E-state index < -0.39 is 10.0 Å². The summed E-state index contributed by atoms with van der Waals surface area (Å²) >= 11 is 0. The number of amides is 1. The van der Waals surface area contributed by atoms with Crippen LogP contribution in [0.25, 0.3) is 0 Å². The molecule has 0 aromatic heterocycles. The first-order chi connectivity index (χ1) is 12.9. The number of carbonyl (C=O) groups is 1. The number of benzene rings is 2. The highest BCUT2D eigenvalue weighted by molar-refractivity contribution is 7.89. The van der Waals surface area contributed by atoms with E-state index >= 15 is 0 Å². The second-order valence-corrected chi connectivity index (χ2v) is 8.55. The van der Waals surface area contributed by atoms with Gasteiger partial charge in [0.25, 0.3) is 15.9 Å². The summed E-state index contributed by atoms with van der Waals surface area (Å²) in [6.07, 6.45) is 2.70. The van der Waals surface area contributed by atoms with Gasteiger partial charge >= 0.3 is 0 Å². The molecule has 6 nitrogen and oxygen atoms in total. The summed E-state index contributed by atoms with van der Waals surface area (Å²) < 4.78 is 25.7. The van der Waals surface area contributed by atoms with E-state index in [2.05, 4.69) is 12.1 Å². The summed E-state index contributed by atoms with van der Waals surface area (Å²) in [5.74, 6) is -0.134. The van der Waals surface area contributed by atoms with Gasteiger partial charge in [0, 0.05) is 25.2 Å². The monoisotopic (exact) mass is 388 g/mol. The lowest BCUT2D eigenvalue weighted by atomic mass is 10.0. The van der Waals surface area contributed by atoms with Crippen molar-refractivity contribution in [1.29, 1.82) is 0 Å². The minimum absolute atomic E-state index is 0.0384. The van der Waals surface area contributed by atoms with Gasteiger partial charge in [0.05, 0.1) is 12.0 Å². The summed E-state index contributed by atoms with van der Waals surface area (Å²) in [7, 11) is -1.19. The van der Waals surface area contributed by atoms with E-state index in [1.54, 1.807) is 12.1 Å². The van der Waals surface area contributed by atoms with E-state index in [-0.39, 0.29) is 16.8 Å². The smallest absolute Gasteiger partial charge is 0.264 e. The Balaban J connectivity index is 1.82. The molecule has 2 aromatic rings. The molecule has 1 saturated heterocycles. The van der Waals surface area contributed by atoms with Gasteiger partial charge in [-0.3, -0.25) is 9.63 Å². The largest absolute Gasteiger partial charge is 0.335 e. The minimum Gasteiger partial charge on any atom is -0.335 e. The average Bonchev–Trinajstić information content (AvgIpc) is 3.15. The number of hydrogen-bond donors (Lipinski definition) is 0. The van der Waals surface area contributed by atoms with Crippen molar-refractivity contribution in [1.82, 2.24) is 9.37 Å². The molecule has 0 spiro atoms. The molecule has 0 aliphatic carbocycles. The average molecular weight is 388 g/mol.